The molecule has 14 heavy (non-hydrogen) atoms. The van der Waals surface area contributed by atoms with Crippen LogP contribution in [0.5, 0.6) is 11.5 Å². The van der Waals surface area contributed by atoms with Crippen LogP contribution in [0.3, 0.4) is 0 Å². The Morgan fingerprint density at radius 2 is 1.93 bits per heavy atom. The molecule has 0 aliphatic rings. The van der Waals surface area contributed by atoms with E-state index in [2.05, 4.69) is 0 Å². The van der Waals surface area contributed by atoms with Crippen molar-refractivity contribution < 1.29 is 14.3 Å². The van der Waals surface area contributed by atoms with Gasteiger partial charge in [-0.1, -0.05) is 0 Å². The molecule has 0 unspecified atom stereocenters. The van der Waals surface area contributed by atoms with Crippen LogP contribution in [-0.4, -0.2) is 20.1 Å². The lowest BCUT2D eigenvalue weighted by Crippen LogP contribution is -2.15. The second-order valence-corrected chi connectivity index (χ2v) is 2.63. The van der Waals surface area contributed by atoms with Crippen LogP contribution in [0.1, 0.15) is 10.4 Å². The molecular weight excluding hydrogens is 184 g/mol. The van der Waals surface area contributed by atoms with E-state index in [1.54, 1.807) is 12.1 Å². The van der Waals surface area contributed by atoms with E-state index in [0.717, 1.165) is 0 Å². The molecule has 0 aliphatic heterocycles. The number of carbonyl (C=O) groups excluding carboxylic acids is 1. The number of ether oxygens (including phenoxy) is 2. The second-order valence-electron chi connectivity index (χ2n) is 2.63. The third kappa shape index (κ3) is 1.56. The maximum atomic E-state index is 11.1. The number of nitrogens with two attached hydrogens (primary N) is 2. The predicted octanol–water partition coefficient (Wildman–Crippen LogP) is 0.385. The van der Waals surface area contributed by atoms with Crippen LogP contribution < -0.4 is 20.9 Å². The van der Waals surface area contributed by atoms with Crippen LogP contribution in [0, 0.1) is 0 Å². The van der Waals surface area contributed by atoms with Gasteiger partial charge in [0.05, 0.1) is 14.2 Å². The topological polar surface area (TPSA) is 87.6 Å². The molecule has 5 nitrogen and oxygen atoms in total. The summed E-state index contributed by atoms with van der Waals surface area (Å²) in [4.78, 5) is 11.1. The molecule has 0 saturated carbocycles. The van der Waals surface area contributed by atoms with Gasteiger partial charge in [-0.05, 0) is 12.1 Å². The van der Waals surface area contributed by atoms with E-state index in [0.29, 0.717) is 5.75 Å². The first kappa shape index (κ1) is 10.2. The number of methoxy groups -OCH3 is 2. The minimum absolute atomic E-state index is 0.145. The molecule has 0 saturated heterocycles. The highest BCUT2D eigenvalue weighted by molar-refractivity contribution is 6.01. The standard InChI is InChI=1S/C9H12N2O3/c1-13-6-4-3-5(10)7(9(11)12)8(6)14-2/h3-4H,10H2,1-2H3,(H2,11,12). The smallest absolute Gasteiger partial charge is 0.254 e. The van der Waals surface area contributed by atoms with Crippen LogP contribution in [0.4, 0.5) is 5.69 Å². The van der Waals surface area contributed by atoms with Gasteiger partial charge in [-0.15, -0.1) is 0 Å². The van der Waals surface area contributed by atoms with Gasteiger partial charge in [0, 0.05) is 5.69 Å². The Labute approximate surface area is 81.6 Å². The molecule has 0 fully saturated rings. The number of hydrogen-bond acceptors (Lipinski definition) is 4. The molecular formula is C9H12N2O3. The van der Waals surface area contributed by atoms with Crippen molar-refractivity contribution in [2.75, 3.05) is 20.0 Å². The van der Waals surface area contributed by atoms with Crippen molar-refractivity contribution in [3.05, 3.63) is 17.7 Å². The third-order valence-electron chi connectivity index (χ3n) is 1.82. The van der Waals surface area contributed by atoms with E-state index in [9.17, 15) is 4.79 Å². The van der Waals surface area contributed by atoms with Crippen molar-refractivity contribution in [1.29, 1.82) is 0 Å². The van der Waals surface area contributed by atoms with Crippen LogP contribution in [0.15, 0.2) is 12.1 Å². The Hall–Kier alpha value is -1.91. The van der Waals surface area contributed by atoms with Crippen LogP contribution >= 0.6 is 0 Å². The number of carbonyl (C=O) groups is 1. The van der Waals surface area contributed by atoms with E-state index in [1.165, 1.54) is 14.2 Å². The van der Waals surface area contributed by atoms with Crippen molar-refractivity contribution in [2.24, 2.45) is 5.73 Å². The second kappa shape index (κ2) is 3.87. The van der Waals surface area contributed by atoms with Gasteiger partial charge in [-0.3, -0.25) is 4.79 Å². The van der Waals surface area contributed by atoms with Crippen molar-refractivity contribution >= 4 is 11.6 Å². The Morgan fingerprint density at radius 1 is 1.29 bits per heavy atom. The molecule has 1 aromatic rings. The van der Waals surface area contributed by atoms with Crippen molar-refractivity contribution in [2.45, 2.75) is 0 Å². The third-order valence-corrected chi connectivity index (χ3v) is 1.82. The Balaban J connectivity index is 3.42. The van der Waals surface area contributed by atoms with Crippen molar-refractivity contribution in [1.82, 2.24) is 0 Å². The summed E-state index contributed by atoms with van der Waals surface area (Å²) in [6, 6.07) is 3.15. The first-order chi connectivity index (χ1) is 6.61. The molecule has 0 atom stereocenters. The van der Waals surface area contributed by atoms with Gasteiger partial charge < -0.3 is 20.9 Å². The molecule has 0 aromatic heterocycles. The van der Waals surface area contributed by atoms with Crippen LogP contribution in [-0.2, 0) is 0 Å². The van der Waals surface area contributed by atoms with E-state index < -0.39 is 5.91 Å². The number of amides is 1. The summed E-state index contributed by atoms with van der Waals surface area (Å²) >= 11 is 0. The normalized spacial score (nSPS) is 9.57. The number of rotatable bonds is 3. The number of nitrogen functional groups attached to an aromatic ring is 1. The maximum absolute atomic E-state index is 11.1. The van der Waals surface area contributed by atoms with Crippen LogP contribution in [0.25, 0.3) is 0 Å². The molecule has 0 spiro atoms. The molecule has 0 heterocycles. The van der Waals surface area contributed by atoms with Gasteiger partial charge in [0.1, 0.15) is 5.56 Å². The predicted molar refractivity (Wildman–Crippen MR) is 52.5 cm³/mol. The summed E-state index contributed by atoms with van der Waals surface area (Å²) < 4.78 is 10.00. The highest BCUT2D eigenvalue weighted by Gasteiger charge is 2.17. The lowest BCUT2D eigenvalue weighted by atomic mass is 10.1. The first-order valence-electron chi connectivity index (χ1n) is 3.92. The summed E-state index contributed by atoms with van der Waals surface area (Å²) in [5.74, 6) is 0.0498. The molecule has 0 bridgehead atoms. The molecule has 0 aliphatic carbocycles. The van der Waals surface area contributed by atoms with Gasteiger partial charge in [0.25, 0.3) is 5.91 Å². The average molecular weight is 196 g/mol. The Kier molecular flexibility index (Phi) is 2.81. The average Bonchev–Trinajstić information content (AvgIpc) is 2.16. The van der Waals surface area contributed by atoms with Crippen LogP contribution in [0.2, 0.25) is 0 Å². The fourth-order valence-corrected chi connectivity index (χ4v) is 1.20. The SMILES string of the molecule is COc1ccc(N)c(C(N)=O)c1OC. The molecule has 1 rings (SSSR count). The maximum Gasteiger partial charge on any atom is 0.254 e. The van der Waals surface area contributed by atoms with Gasteiger partial charge >= 0.3 is 0 Å². The van der Waals surface area contributed by atoms with Crippen molar-refractivity contribution in [3.8, 4) is 11.5 Å². The quantitative estimate of drug-likeness (QED) is 0.684. The van der Waals surface area contributed by atoms with Gasteiger partial charge in [0.2, 0.25) is 0 Å². The lowest BCUT2D eigenvalue weighted by Gasteiger charge is -2.12. The van der Waals surface area contributed by atoms with E-state index in [4.69, 9.17) is 20.9 Å². The lowest BCUT2D eigenvalue weighted by molar-refractivity contribution is 0.0997. The van der Waals surface area contributed by atoms with E-state index in [-0.39, 0.29) is 17.0 Å². The molecule has 0 radical (unpaired) electrons. The summed E-state index contributed by atoms with van der Waals surface area (Å²) in [7, 11) is 2.89. The number of anilines is 1. The molecule has 1 aromatic carbocycles. The van der Waals surface area contributed by atoms with Gasteiger partial charge in [-0.2, -0.15) is 0 Å². The fraction of sp³-hybridized carbons (Fsp3) is 0.222. The minimum atomic E-state index is -0.641. The summed E-state index contributed by atoms with van der Waals surface area (Å²) in [5, 5.41) is 0. The largest absolute Gasteiger partial charge is 0.493 e. The zero-order chi connectivity index (χ0) is 10.7. The number of benzene rings is 1. The number of hydrogen-bond donors (Lipinski definition) is 2. The van der Waals surface area contributed by atoms with Crippen molar-refractivity contribution in [3.63, 3.8) is 0 Å². The van der Waals surface area contributed by atoms with Gasteiger partial charge in [0.15, 0.2) is 11.5 Å². The molecule has 76 valence electrons. The Morgan fingerprint density at radius 3 is 2.36 bits per heavy atom. The zero-order valence-corrected chi connectivity index (χ0v) is 8.03. The molecule has 4 N–H and O–H groups in total. The summed E-state index contributed by atoms with van der Waals surface area (Å²) in [6.07, 6.45) is 0. The minimum Gasteiger partial charge on any atom is -0.493 e. The van der Waals surface area contributed by atoms with Gasteiger partial charge in [-0.25, -0.2) is 0 Å². The summed E-state index contributed by atoms with van der Waals surface area (Å²) in [5.41, 5.74) is 11.2. The number of primary amides is 1. The monoisotopic (exact) mass is 196 g/mol. The van der Waals surface area contributed by atoms with E-state index >= 15 is 0 Å². The first-order valence-corrected chi connectivity index (χ1v) is 3.92. The molecule has 1 amide bonds. The molecule has 5 heteroatoms. The van der Waals surface area contributed by atoms with E-state index in [1.807, 2.05) is 0 Å². The highest BCUT2D eigenvalue weighted by Crippen LogP contribution is 2.34. The summed E-state index contributed by atoms with van der Waals surface area (Å²) in [6.45, 7) is 0. The Bertz CT molecular complexity index is 363. The fourth-order valence-electron chi connectivity index (χ4n) is 1.20. The zero-order valence-electron chi connectivity index (χ0n) is 8.03. The highest BCUT2D eigenvalue weighted by atomic mass is 16.5.